The molecule has 1 aromatic rings. The van der Waals surface area contributed by atoms with Crippen LogP contribution < -0.4 is 10.6 Å². The fourth-order valence-electron chi connectivity index (χ4n) is 1.87. The highest BCUT2D eigenvalue weighted by Crippen LogP contribution is 2.45. The molecule has 114 valence electrons. The van der Waals surface area contributed by atoms with E-state index in [1.807, 2.05) is 41.7 Å². The second kappa shape index (κ2) is 8.19. The van der Waals surface area contributed by atoms with E-state index in [0.717, 1.165) is 5.69 Å². The standard InChI is InChI=1S/C14H18N2O3S2/c1-19-12(17)5-6-15-14(18)16-11-4-2-3-10(9-11)13-20-7-8-21-13/h2-4,9,13H,5-8H2,1H3,(H2,15,16,18). The number of benzene rings is 1. The summed E-state index contributed by atoms with van der Waals surface area (Å²) in [6.07, 6.45) is 0.166. The van der Waals surface area contributed by atoms with Crippen LogP contribution in [0.2, 0.25) is 0 Å². The zero-order chi connectivity index (χ0) is 15.1. The van der Waals surface area contributed by atoms with E-state index in [0.29, 0.717) is 4.58 Å². The highest BCUT2D eigenvalue weighted by atomic mass is 32.2. The number of methoxy groups -OCH3 is 1. The molecule has 21 heavy (non-hydrogen) atoms. The van der Waals surface area contributed by atoms with E-state index in [2.05, 4.69) is 21.4 Å². The van der Waals surface area contributed by atoms with Gasteiger partial charge in [0.25, 0.3) is 0 Å². The normalized spacial score (nSPS) is 14.7. The van der Waals surface area contributed by atoms with E-state index >= 15 is 0 Å². The Kier molecular flexibility index (Phi) is 6.25. The summed E-state index contributed by atoms with van der Waals surface area (Å²) in [5.74, 6) is 2.00. The first-order chi connectivity index (χ1) is 10.2. The Labute approximate surface area is 132 Å². The van der Waals surface area contributed by atoms with Crippen molar-refractivity contribution >= 4 is 41.2 Å². The van der Waals surface area contributed by atoms with Crippen molar-refractivity contribution < 1.29 is 14.3 Å². The fourth-order valence-corrected chi connectivity index (χ4v) is 4.71. The molecule has 1 aliphatic heterocycles. The summed E-state index contributed by atoms with van der Waals surface area (Å²) in [6.45, 7) is 0.256. The molecular weight excluding hydrogens is 308 g/mol. The molecule has 2 N–H and O–H groups in total. The van der Waals surface area contributed by atoms with Crippen LogP contribution in [0.5, 0.6) is 0 Å². The Hall–Kier alpha value is -1.34. The second-order valence-electron chi connectivity index (χ2n) is 4.41. The van der Waals surface area contributed by atoms with Gasteiger partial charge in [-0.2, -0.15) is 0 Å². The number of anilines is 1. The van der Waals surface area contributed by atoms with Gasteiger partial charge in [-0.15, -0.1) is 23.5 Å². The molecule has 0 spiro atoms. The van der Waals surface area contributed by atoms with Gasteiger partial charge in [0.2, 0.25) is 0 Å². The molecule has 1 heterocycles. The lowest BCUT2D eigenvalue weighted by molar-refractivity contribution is -0.140. The minimum Gasteiger partial charge on any atom is -0.469 e. The minimum absolute atomic E-state index is 0.166. The van der Waals surface area contributed by atoms with Gasteiger partial charge < -0.3 is 15.4 Å². The lowest BCUT2D eigenvalue weighted by Gasteiger charge is -2.11. The number of rotatable bonds is 5. The monoisotopic (exact) mass is 326 g/mol. The Balaban J connectivity index is 1.83. The number of urea groups is 1. The van der Waals surface area contributed by atoms with Gasteiger partial charge in [-0.3, -0.25) is 4.79 Å². The summed E-state index contributed by atoms with van der Waals surface area (Å²) in [5.41, 5.74) is 1.98. The number of hydrogen-bond donors (Lipinski definition) is 2. The van der Waals surface area contributed by atoms with Crippen molar-refractivity contribution in [3.63, 3.8) is 0 Å². The Morgan fingerprint density at radius 3 is 2.81 bits per heavy atom. The smallest absolute Gasteiger partial charge is 0.319 e. The SMILES string of the molecule is COC(=O)CCNC(=O)Nc1cccc(C2SCCS2)c1. The number of nitrogens with one attached hydrogen (secondary N) is 2. The Morgan fingerprint density at radius 1 is 1.33 bits per heavy atom. The Morgan fingerprint density at radius 2 is 2.10 bits per heavy atom. The molecule has 0 aliphatic carbocycles. The molecule has 0 atom stereocenters. The number of hydrogen-bond acceptors (Lipinski definition) is 5. The van der Waals surface area contributed by atoms with E-state index in [1.54, 1.807) is 0 Å². The van der Waals surface area contributed by atoms with E-state index < -0.39 is 0 Å². The van der Waals surface area contributed by atoms with Crippen molar-refractivity contribution in [3.8, 4) is 0 Å². The van der Waals surface area contributed by atoms with Gasteiger partial charge in [-0.25, -0.2) is 4.79 Å². The number of thioether (sulfide) groups is 2. The molecule has 1 fully saturated rings. The quantitative estimate of drug-likeness (QED) is 0.815. The van der Waals surface area contributed by atoms with Crippen LogP contribution in [0, 0.1) is 0 Å². The van der Waals surface area contributed by atoms with Crippen LogP contribution in [0.25, 0.3) is 0 Å². The molecule has 2 amide bonds. The number of carbonyl (C=O) groups excluding carboxylic acids is 2. The largest absolute Gasteiger partial charge is 0.469 e. The van der Waals surface area contributed by atoms with Crippen LogP contribution in [-0.2, 0) is 9.53 Å². The molecule has 1 saturated heterocycles. The molecule has 0 aromatic heterocycles. The highest BCUT2D eigenvalue weighted by molar-refractivity contribution is 8.19. The molecule has 0 bridgehead atoms. The van der Waals surface area contributed by atoms with E-state index in [1.165, 1.54) is 24.2 Å². The third-order valence-electron chi connectivity index (χ3n) is 2.88. The predicted octanol–water partition coefficient (Wildman–Crippen LogP) is 2.85. The van der Waals surface area contributed by atoms with E-state index in [9.17, 15) is 9.59 Å². The summed E-state index contributed by atoms with van der Waals surface area (Å²) < 4.78 is 4.96. The van der Waals surface area contributed by atoms with E-state index in [-0.39, 0.29) is 25.0 Å². The zero-order valence-electron chi connectivity index (χ0n) is 11.8. The number of ether oxygens (including phenoxy) is 1. The molecule has 2 rings (SSSR count). The second-order valence-corrected chi connectivity index (χ2v) is 7.13. The van der Waals surface area contributed by atoms with Crippen LogP contribution in [0.15, 0.2) is 24.3 Å². The van der Waals surface area contributed by atoms with Gasteiger partial charge in [-0.05, 0) is 17.7 Å². The maximum absolute atomic E-state index is 11.7. The molecule has 1 aliphatic rings. The number of esters is 1. The molecular formula is C14H18N2O3S2. The first-order valence-electron chi connectivity index (χ1n) is 6.64. The average Bonchev–Trinajstić information content (AvgIpc) is 3.01. The van der Waals surface area contributed by atoms with Gasteiger partial charge in [0.15, 0.2) is 0 Å². The van der Waals surface area contributed by atoms with Crippen molar-refractivity contribution in [3.05, 3.63) is 29.8 Å². The predicted molar refractivity (Wildman–Crippen MR) is 87.8 cm³/mol. The molecule has 1 aromatic carbocycles. The van der Waals surface area contributed by atoms with Gasteiger partial charge >= 0.3 is 12.0 Å². The molecule has 0 unspecified atom stereocenters. The van der Waals surface area contributed by atoms with Crippen LogP contribution in [0.4, 0.5) is 10.5 Å². The molecule has 7 heteroatoms. The van der Waals surface area contributed by atoms with E-state index in [4.69, 9.17) is 0 Å². The first-order valence-corrected chi connectivity index (χ1v) is 8.73. The minimum atomic E-state index is -0.340. The number of carbonyl (C=O) groups is 2. The van der Waals surface area contributed by atoms with Crippen molar-refractivity contribution in [1.29, 1.82) is 0 Å². The third-order valence-corrected chi connectivity index (χ3v) is 5.99. The van der Waals surface area contributed by atoms with Crippen LogP contribution >= 0.6 is 23.5 Å². The van der Waals surface area contributed by atoms with Gasteiger partial charge in [0.1, 0.15) is 0 Å². The highest BCUT2D eigenvalue weighted by Gasteiger charge is 2.18. The molecule has 0 saturated carbocycles. The average molecular weight is 326 g/mol. The third kappa shape index (κ3) is 5.17. The van der Waals surface area contributed by atoms with Crippen LogP contribution in [0.1, 0.15) is 16.6 Å². The lowest BCUT2D eigenvalue weighted by Crippen LogP contribution is -2.30. The van der Waals surface area contributed by atoms with Gasteiger partial charge in [0.05, 0.1) is 18.1 Å². The number of amides is 2. The van der Waals surface area contributed by atoms with Crippen molar-refractivity contribution in [1.82, 2.24) is 5.32 Å². The zero-order valence-corrected chi connectivity index (χ0v) is 13.4. The fraction of sp³-hybridized carbons (Fsp3) is 0.429. The summed E-state index contributed by atoms with van der Waals surface area (Å²) in [5, 5.41) is 5.40. The molecule has 0 radical (unpaired) electrons. The van der Waals surface area contributed by atoms with Crippen molar-refractivity contribution in [2.24, 2.45) is 0 Å². The topological polar surface area (TPSA) is 67.4 Å². The van der Waals surface area contributed by atoms with Gasteiger partial charge in [0, 0.05) is 23.7 Å². The summed E-state index contributed by atoms with van der Waals surface area (Å²) >= 11 is 3.85. The maximum Gasteiger partial charge on any atom is 0.319 e. The van der Waals surface area contributed by atoms with Gasteiger partial charge in [-0.1, -0.05) is 12.1 Å². The molecule has 5 nitrogen and oxygen atoms in total. The van der Waals surface area contributed by atoms with Crippen molar-refractivity contribution in [2.75, 3.05) is 30.5 Å². The first kappa shape index (κ1) is 16.0. The van der Waals surface area contributed by atoms with Crippen LogP contribution in [0.3, 0.4) is 0 Å². The van der Waals surface area contributed by atoms with Crippen molar-refractivity contribution in [2.45, 2.75) is 11.0 Å². The lowest BCUT2D eigenvalue weighted by atomic mass is 10.2. The summed E-state index contributed by atoms with van der Waals surface area (Å²) in [6, 6.07) is 7.56. The summed E-state index contributed by atoms with van der Waals surface area (Å²) in [4.78, 5) is 22.7. The maximum atomic E-state index is 11.7. The Bertz CT molecular complexity index is 505. The summed E-state index contributed by atoms with van der Waals surface area (Å²) in [7, 11) is 1.33. The van der Waals surface area contributed by atoms with Crippen LogP contribution in [-0.4, -0.2) is 37.2 Å².